The first-order valence-corrected chi connectivity index (χ1v) is 8.90. The van der Waals surface area contributed by atoms with Crippen molar-refractivity contribution in [1.29, 1.82) is 0 Å². The normalized spacial score (nSPS) is 15.9. The van der Waals surface area contributed by atoms with Crippen molar-refractivity contribution in [1.82, 2.24) is 5.32 Å². The van der Waals surface area contributed by atoms with Gasteiger partial charge in [-0.2, -0.15) is 0 Å². The number of ether oxygens (including phenoxy) is 2. The number of halogens is 1. The second kappa shape index (κ2) is 9.13. The number of amides is 1. The van der Waals surface area contributed by atoms with E-state index in [1.807, 2.05) is 12.1 Å². The van der Waals surface area contributed by atoms with E-state index in [0.29, 0.717) is 17.5 Å². The van der Waals surface area contributed by atoms with Gasteiger partial charge in [0.2, 0.25) is 0 Å². The van der Waals surface area contributed by atoms with Crippen molar-refractivity contribution in [3.8, 4) is 11.5 Å². The zero-order valence-corrected chi connectivity index (χ0v) is 15.2. The molecule has 0 heterocycles. The van der Waals surface area contributed by atoms with E-state index >= 15 is 0 Å². The van der Waals surface area contributed by atoms with Crippen molar-refractivity contribution in [3.63, 3.8) is 0 Å². The molecule has 1 fully saturated rings. The molecule has 1 saturated carbocycles. The zero-order chi connectivity index (χ0) is 16.7. The van der Waals surface area contributed by atoms with Gasteiger partial charge in [0.25, 0.3) is 5.91 Å². The van der Waals surface area contributed by atoms with Gasteiger partial charge in [-0.05, 0) is 46.5 Å². The van der Waals surface area contributed by atoms with Gasteiger partial charge in [-0.15, -0.1) is 0 Å². The highest BCUT2D eigenvalue weighted by atomic mass is 79.9. The van der Waals surface area contributed by atoms with Gasteiger partial charge in [-0.25, -0.2) is 0 Å². The van der Waals surface area contributed by atoms with Crippen LogP contribution in [0.4, 0.5) is 0 Å². The second-order valence-electron chi connectivity index (χ2n) is 5.93. The molecular weight excluding hydrogens is 360 g/mol. The lowest BCUT2D eigenvalue weighted by Crippen LogP contribution is -2.27. The van der Waals surface area contributed by atoms with Crippen LogP contribution in [0, 0.1) is 0 Å². The molecule has 3 N–H and O–H groups in total. The third kappa shape index (κ3) is 5.70. The van der Waals surface area contributed by atoms with Gasteiger partial charge in [0.05, 0.1) is 11.6 Å². The Labute approximate surface area is 146 Å². The smallest absolute Gasteiger partial charge is 0.255 e. The molecule has 0 spiro atoms. The highest BCUT2D eigenvalue weighted by molar-refractivity contribution is 9.10. The van der Waals surface area contributed by atoms with E-state index in [-0.39, 0.29) is 6.61 Å². The molecule has 0 aliphatic heterocycles. The summed E-state index contributed by atoms with van der Waals surface area (Å²) >= 11 is 3.48. The summed E-state index contributed by atoms with van der Waals surface area (Å²) in [6.07, 6.45) is 7.82. The third-order valence-corrected chi connectivity index (χ3v) is 4.69. The molecular formula is C17H25BrN2O3. The quantitative estimate of drug-likeness (QED) is 0.708. The van der Waals surface area contributed by atoms with E-state index in [1.54, 1.807) is 7.11 Å². The maximum atomic E-state index is 10.9. The Balaban J connectivity index is 2.01. The van der Waals surface area contributed by atoms with E-state index in [0.717, 1.165) is 16.6 Å². The van der Waals surface area contributed by atoms with E-state index in [9.17, 15) is 4.79 Å². The topological polar surface area (TPSA) is 73.6 Å². The van der Waals surface area contributed by atoms with Crippen LogP contribution in [0.5, 0.6) is 11.5 Å². The van der Waals surface area contributed by atoms with E-state index in [2.05, 4.69) is 21.2 Å². The standard InChI is InChI=1S/C17H25BrN2O3/c1-22-15-9-12(8-14(18)17(15)23-11-16(19)21)10-20-13-6-4-2-3-5-7-13/h8-9,13,20H,2-7,10-11H2,1H3,(H2,19,21). The molecule has 0 unspecified atom stereocenters. The molecule has 0 bridgehead atoms. The molecule has 0 saturated heterocycles. The summed E-state index contributed by atoms with van der Waals surface area (Å²) in [5.41, 5.74) is 6.24. The van der Waals surface area contributed by atoms with Crippen molar-refractivity contribution < 1.29 is 14.3 Å². The minimum Gasteiger partial charge on any atom is -0.493 e. The third-order valence-electron chi connectivity index (χ3n) is 4.10. The number of rotatable bonds is 7. The van der Waals surface area contributed by atoms with Crippen LogP contribution in [0.1, 0.15) is 44.1 Å². The Morgan fingerprint density at radius 1 is 1.30 bits per heavy atom. The molecule has 23 heavy (non-hydrogen) atoms. The average molecular weight is 385 g/mol. The fourth-order valence-corrected chi connectivity index (χ4v) is 3.51. The van der Waals surface area contributed by atoms with Crippen LogP contribution < -0.4 is 20.5 Å². The molecule has 0 radical (unpaired) electrons. The van der Waals surface area contributed by atoms with Crippen LogP contribution in [-0.4, -0.2) is 25.7 Å². The lowest BCUT2D eigenvalue weighted by Gasteiger charge is -2.18. The molecule has 1 aliphatic rings. The molecule has 0 aromatic heterocycles. The number of hydrogen-bond donors (Lipinski definition) is 2. The Bertz CT molecular complexity index is 529. The van der Waals surface area contributed by atoms with Gasteiger partial charge in [-0.3, -0.25) is 4.79 Å². The second-order valence-corrected chi connectivity index (χ2v) is 6.79. The Morgan fingerprint density at radius 3 is 2.61 bits per heavy atom. The molecule has 5 nitrogen and oxygen atoms in total. The Hall–Kier alpha value is -1.27. The summed E-state index contributed by atoms with van der Waals surface area (Å²) in [5.74, 6) is 0.584. The molecule has 2 rings (SSSR count). The maximum Gasteiger partial charge on any atom is 0.255 e. The van der Waals surface area contributed by atoms with Gasteiger partial charge < -0.3 is 20.5 Å². The van der Waals surface area contributed by atoms with Gasteiger partial charge in [-0.1, -0.05) is 25.7 Å². The predicted octanol–water partition coefficient (Wildman–Crippen LogP) is 3.13. The Morgan fingerprint density at radius 2 is 2.00 bits per heavy atom. The van der Waals surface area contributed by atoms with Crippen molar-refractivity contribution in [2.45, 2.75) is 51.1 Å². The first kappa shape index (κ1) is 18.1. The minimum absolute atomic E-state index is 0.172. The molecule has 128 valence electrons. The van der Waals surface area contributed by atoms with Crippen molar-refractivity contribution >= 4 is 21.8 Å². The molecule has 1 aromatic rings. The summed E-state index contributed by atoms with van der Waals surface area (Å²) < 4.78 is 11.6. The summed E-state index contributed by atoms with van der Waals surface area (Å²) in [4.78, 5) is 10.9. The van der Waals surface area contributed by atoms with E-state index in [4.69, 9.17) is 15.2 Å². The van der Waals surface area contributed by atoms with Crippen LogP contribution in [0.25, 0.3) is 0 Å². The highest BCUT2D eigenvalue weighted by Crippen LogP contribution is 2.36. The van der Waals surface area contributed by atoms with Crippen LogP contribution >= 0.6 is 15.9 Å². The lowest BCUT2D eigenvalue weighted by atomic mass is 10.1. The molecule has 1 amide bonds. The Kier molecular flexibility index (Phi) is 7.17. The summed E-state index contributed by atoms with van der Waals surface area (Å²) in [6, 6.07) is 4.51. The van der Waals surface area contributed by atoms with Gasteiger partial charge in [0, 0.05) is 12.6 Å². The molecule has 1 aliphatic carbocycles. The van der Waals surface area contributed by atoms with Crippen LogP contribution in [0.3, 0.4) is 0 Å². The number of hydrogen-bond acceptors (Lipinski definition) is 4. The van der Waals surface area contributed by atoms with Crippen LogP contribution in [0.15, 0.2) is 16.6 Å². The molecule has 6 heteroatoms. The number of primary amides is 1. The first-order chi connectivity index (χ1) is 11.1. The summed E-state index contributed by atoms with van der Waals surface area (Å²) in [7, 11) is 1.58. The molecule has 0 atom stereocenters. The average Bonchev–Trinajstić information content (AvgIpc) is 2.79. The maximum absolute atomic E-state index is 10.9. The van der Waals surface area contributed by atoms with Gasteiger partial charge in [0.15, 0.2) is 18.1 Å². The number of benzene rings is 1. The predicted molar refractivity (Wildman–Crippen MR) is 93.7 cm³/mol. The molecule has 1 aromatic carbocycles. The van der Waals surface area contributed by atoms with Crippen LogP contribution in [0.2, 0.25) is 0 Å². The van der Waals surface area contributed by atoms with Gasteiger partial charge >= 0.3 is 0 Å². The van der Waals surface area contributed by atoms with E-state index < -0.39 is 5.91 Å². The fraction of sp³-hybridized carbons (Fsp3) is 0.588. The zero-order valence-electron chi connectivity index (χ0n) is 13.6. The van der Waals surface area contributed by atoms with Crippen molar-refractivity contribution in [3.05, 3.63) is 22.2 Å². The number of methoxy groups -OCH3 is 1. The first-order valence-electron chi connectivity index (χ1n) is 8.11. The number of nitrogens with two attached hydrogens (primary N) is 1. The number of carbonyl (C=O) groups is 1. The van der Waals surface area contributed by atoms with Crippen molar-refractivity contribution in [2.24, 2.45) is 5.73 Å². The monoisotopic (exact) mass is 384 g/mol. The fourth-order valence-electron chi connectivity index (χ4n) is 2.90. The SMILES string of the molecule is COc1cc(CNC2CCCCCC2)cc(Br)c1OCC(N)=O. The van der Waals surface area contributed by atoms with Gasteiger partial charge in [0.1, 0.15) is 0 Å². The minimum atomic E-state index is -0.516. The lowest BCUT2D eigenvalue weighted by molar-refractivity contribution is -0.119. The highest BCUT2D eigenvalue weighted by Gasteiger charge is 2.15. The van der Waals surface area contributed by atoms with E-state index in [1.165, 1.54) is 38.5 Å². The number of nitrogens with one attached hydrogen (secondary N) is 1. The van der Waals surface area contributed by atoms with Crippen molar-refractivity contribution in [2.75, 3.05) is 13.7 Å². The largest absolute Gasteiger partial charge is 0.493 e. The van der Waals surface area contributed by atoms with Crippen LogP contribution in [-0.2, 0) is 11.3 Å². The summed E-state index contributed by atoms with van der Waals surface area (Å²) in [5, 5.41) is 3.63. The number of carbonyl (C=O) groups excluding carboxylic acids is 1. The summed E-state index contributed by atoms with van der Waals surface area (Å²) in [6.45, 7) is 0.615.